The van der Waals surface area contributed by atoms with Gasteiger partial charge in [0, 0.05) is 12.6 Å². The van der Waals surface area contributed by atoms with E-state index < -0.39 is 0 Å². The van der Waals surface area contributed by atoms with E-state index in [1.807, 2.05) is 0 Å². The number of aliphatic hydroxyl groups excluding tert-OH is 1. The number of aliphatic hydroxyl groups is 1. The van der Waals surface area contributed by atoms with Crippen LogP contribution < -0.4 is 0 Å². The minimum atomic E-state index is -0.0491. The van der Waals surface area contributed by atoms with Crippen molar-refractivity contribution in [3.63, 3.8) is 0 Å². The molecule has 0 amide bonds. The molecular weight excluding hydrogens is 246 g/mol. The van der Waals surface area contributed by atoms with Crippen LogP contribution in [0.1, 0.15) is 71.6 Å². The van der Waals surface area contributed by atoms with E-state index in [-0.39, 0.29) is 6.10 Å². The maximum atomic E-state index is 10.4. The highest BCUT2D eigenvalue weighted by Crippen LogP contribution is 2.41. The third kappa shape index (κ3) is 3.22. The Morgan fingerprint density at radius 2 is 1.80 bits per heavy atom. The Kier molecular flexibility index (Phi) is 4.42. The fourth-order valence-electron chi connectivity index (χ4n) is 5.16. The summed E-state index contributed by atoms with van der Waals surface area (Å²) in [6.45, 7) is 7.20. The molecule has 2 heteroatoms. The number of piperidine rings is 1. The summed E-state index contributed by atoms with van der Waals surface area (Å²) in [4.78, 5) is 2.77. The predicted molar refractivity (Wildman–Crippen MR) is 83.7 cm³/mol. The molecule has 3 aliphatic rings. The largest absolute Gasteiger partial charge is 0.393 e. The van der Waals surface area contributed by atoms with E-state index in [1.165, 1.54) is 57.9 Å². The lowest BCUT2D eigenvalue weighted by Crippen LogP contribution is -2.51. The van der Waals surface area contributed by atoms with E-state index in [0.717, 1.165) is 24.9 Å². The van der Waals surface area contributed by atoms with E-state index in [2.05, 4.69) is 18.7 Å². The fraction of sp³-hybridized carbons (Fsp3) is 1.00. The summed E-state index contributed by atoms with van der Waals surface area (Å²) in [7, 11) is 0. The lowest BCUT2D eigenvalue weighted by atomic mass is 9.70. The average Bonchev–Trinajstić information content (AvgIpc) is 2.43. The van der Waals surface area contributed by atoms with Gasteiger partial charge in [-0.1, -0.05) is 26.7 Å². The van der Waals surface area contributed by atoms with Crippen molar-refractivity contribution in [1.29, 1.82) is 0 Å². The number of nitrogens with zero attached hydrogens (tertiary/aromatic N) is 1. The summed E-state index contributed by atoms with van der Waals surface area (Å²) in [5.74, 6) is 1.48. The maximum absolute atomic E-state index is 10.4. The van der Waals surface area contributed by atoms with Gasteiger partial charge >= 0.3 is 0 Å². The Bertz CT molecular complexity index is 325. The van der Waals surface area contributed by atoms with Crippen molar-refractivity contribution in [1.82, 2.24) is 4.90 Å². The molecular formula is C18H33NO. The van der Waals surface area contributed by atoms with E-state index in [0.29, 0.717) is 11.3 Å². The molecule has 0 aromatic heterocycles. The summed E-state index contributed by atoms with van der Waals surface area (Å²) in [5.41, 5.74) is 0.436. The first-order valence-electron chi connectivity index (χ1n) is 8.97. The Hall–Kier alpha value is -0.0800. The molecule has 2 nitrogen and oxygen atoms in total. The zero-order valence-corrected chi connectivity index (χ0v) is 13.5. The van der Waals surface area contributed by atoms with Gasteiger partial charge < -0.3 is 5.11 Å². The molecule has 0 spiro atoms. The molecule has 1 saturated heterocycles. The van der Waals surface area contributed by atoms with Crippen LogP contribution in [0.2, 0.25) is 0 Å². The van der Waals surface area contributed by atoms with Crippen LogP contribution in [0.15, 0.2) is 0 Å². The van der Waals surface area contributed by atoms with Gasteiger partial charge in [-0.2, -0.15) is 0 Å². The number of hydrogen-bond donors (Lipinski definition) is 1. The van der Waals surface area contributed by atoms with Crippen molar-refractivity contribution < 1.29 is 5.11 Å². The molecule has 2 aliphatic carbocycles. The second-order valence-corrected chi connectivity index (χ2v) is 8.48. The van der Waals surface area contributed by atoms with Crippen LogP contribution in [0, 0.1) is 17.3 Å². The first-order chi connectivity index (χ1) is 9.55. The van der Waals surface area contributed by atoms with Crippen molar-refractivity contribution in [3.8, 4) is 0 Å². The normalized spacial score (nSPS) is 42.1. The molecule has 116 valence electrons. The molecule has 1 N–H and O–H groups in total. The monoisotopic (exact) mass is 279 g/mol. The van der Waals surface area contributed by atoms with Gasteiger partial charge in [-0.05, 0) is 68.7 Å². The zero-order valence-electron chi connectivity index (χ0n) is 13.5. The summed E-state index contributed by atoms with van der Waals surface area (Å²) in [5, 5.41) is 10.4. The first kappa shape index (κ1) is 14.8. The van der Waals surface area contributed by atoms with Crippen molar-refractivity contribution in [3.05, 3.63) is 0 Å². The fourth-order valence-corrected chi connectivity index (χ4v) is 5.16. The molecule has 1 heterocycles. The van der Waals surface area contributed by atoms with Gasteiger partial charge in [-0.3, -0.25) is 4.90 Å². The van der Waals surface area contributed by atoms with Crippen LogP contribution >= 0.6 is 0 Å². The quantitative estimate of drug-likeness (QED) is 0.830. The van der Waals surface area contributed by atoms with E-state index in [9.17, 15) is 5.11 Å². The van der Waals surface area contributed by atoms with Crippen molar-refractivity contribution in [2.45, 2.75) is 83.8 Å². The van der Waals surface area contributed by atoms with Gasteiger partial charge in [0.25, 0.3) is 0 Å². The zero-order chi connectivity index (χ0) is 14.2. The minimum absolute atomic E-state index is 0.0491. The minimum Gasteiger partial charge on any atom is -0.393 e. The molecule has 4 unspecified atom stereocenters. The molecule has 2 saturated carbocycles. The Morgan fingerprint density at radius 1 is 1.05 bits per heavy atom. The van der Waals surface area contributed by atoms with Gasteiger partial charge in [0.1, 0.15) is 0 Å². The van der Waals surface area contributed by atoms with E-state index in [4.69, 9.17) is 0 Å². The summed E-state index contributed by atoms with van der Waals surface area (Å²) in [6, 6.07) is 0.842. The van der Waals surface area contributed by atoms with E-state index >= 15 is 0 Å². The van der Waals surface area contributed by atoms with Crippen LogP contribution in [0.4, 0.5) is 0 Å². The van der Waals surface area contributed by atoms with Crippen molar-refractivity contribution in [2.75, 3.05) is 13.1 Å². The molecule has 0 aromatic rings. The topological polar surface area (TPSA) is 23.5 Å². The van der Waals surface area contributed by atoms with Crippen LogP contribution in [0.5, 0.6) is 0 Å². The first-order valence-corrected chi connectivity index (χ1v) is 8.97. The third-order valence-corrected chi connectivity index (χ3v) is 6.30. The molecule has 0 bridgehead atoms. The van der Waals surface area contributed by atoms with Crippen LogP contribution in [0.25, 0.3) is 0 Å². The second-order valence-electron chi connectivity index (χ2n) is 8.48. The number of likely N-dealkylation sites (tertiary alicyclic amines) is 1. The Balaban J connectivity index is 1.63. The summed E-state index contributed by atoms with van der Waals surface area (Å²) < 4.78 is 0. The maximum Gasteiger partial charge on any atom is 0.0581 e. The van der Waals surface area contributed by atoms with Gasteiger partial charge in [-0.25, -0.2) is 0 Å². The van der Waals surface area contributed by atoms with Crippen molar-refractivity contribution in [2.24, 2.45) is 17.3 Å². The summed E-state index contributed by atoms with van der Waals surface area (Å²) >= 11 is 0. The van der Waals surface area contributed by atoms with Crippen LogP contribution in [0.3, 0.4) is 0 Å². The van der Waals surface area contributed by atoms with Crippen LogP contribution in [-0.2, 0) is 0 Å². The lowest BCUT2D eigenvalue weighted by molar-refractivity contribution is -0.0230. The summed E-state index contributed by atoms with van der Waals surface area (Å²) in [6.07, 6.45) is 12.0. The predicted octanol–water partition coefficient (Wildman–Crippen LogP) is 3.83. The highest BCUT2D eigenvalue weighted by atomic mass is 16.3. The van der Waals surface area contributed by atoms with Gasteiger partial charge in [0.15, 0.2) is 0 Å². The molecule has 20 heavy (non-hydrogen) atoms. The Morgan fingerprint density at radius 3 is 2.65 bits per heavy atom. The molecule has 0 radical (unpaired) electrons. The van der Waals surface area contributed by atoms with Crippen molar-refractivity contribution >= 4 is 0 Å². The molecule has 0 aromatic carbocycles. The molecule has 3 rings (SSSR count). The van der Waals surface area contributed by atoms with Gasteiger partial charge in [0.2, 0.25) is 0 Å². The number of rotatable bonds is 2. The average molecular weight is 279 g/mol. The Labute approximate surface area is 124 Å². The number of fused-ring (bicyclic) bond motifs is 1. The molecule has 1 aliphatic heterocycles. The van der Waals surface area contributed by atoms with Crippen LogP contribution in [-0.4, -0.2) is 35.2 Å². The highest BCUT2D eigenvalue weighted by molar-refractivity contribution is 4.91. The highest BCUT2D eigenvalue weighted by Gasteiger charge is 2.38. The smallest absolute Gasteiger partial charge is 0.0581 e. The van der Waals surface area contributed by atoms with E-state index in [1.54, 1.807) is 0 Å². The van der Waals surface area contributed by atoms with Gasteiger partial charge in [-0.15, -0.1) is 0 Å². The SMILES string of the molecule is CC1(C)CCC(O)C(CN2CCCC3CCCCC32)C1. The molecule has 4 atom stereocenters. The second kappa shape index (κ2) is 5.96. The van der Waals surface area contributed by atoms with Gasteiger partial charge in [0.05, 0.1) is 6.10 Å². The number of hydrogen-bond acceptors (Lipinski definition) is 2. The third-order valence-electron chi connectivity index (χ3n) is 6.30. The molecule has 3 fully saturated rings. The standard InChI is InChI=1S/C18H33NO/c1-18(2)10-9-17(20)15(12-18)13-19-11-5-7-14-6-3-4-8-16(14)19/h14-17,20H,3-13H2,1-2H3. The lowest BCUT2D eigenvalue weighted by Gasteiger charge is -2.47.